The molecule has 7 nitrogen and oxygen atoms in total. The molecule has 1 aliphatic heterocycles. The maximum Gasteiger partial charge on any atom is 0.300 e. The molecule has 198 valence electrons. The summed E-state index contributed by atoms with van der Waals surface area (Å²) in [6.07, 6.45) is -0.0606. The van der Waals surface area contributed by atoms with Gasteiger partial charge in [-0.3, -0.25) is 14.5 Å². The maximum absolute atomic E-state index is 13.5. The summed E-state index contributed by atoms with van der Waals surface area (Å²) in [4.78, 5) is 28.4. The molecule has 0 bridgehead atoms. The summed E-state index contributed by atoms with van der Waals surface area (Å²) in [7, 11) is 0. The van der Waals surface area contributed by atoms with Gasteiger partial charge in [-0.2, -0.15) is 0 Å². The molecule has 38 heavy (non-hydrogen) atoms. The van der Waals surface area contributed by atoms with Crippen molar-refractivity contribution in [2.45, 2.75) is 46.8 Å². The van der Waals surface area contributed by atoms with Crippen molar-refractivity contribution < 1.29 is 28.9 Å². The zero-order chi connectivity index (χ0) is 27.4. The molecular formula is C31H33NO6. The molecule has 1 atom stereocenters. The number of hydrogen-bond acceptors (Lipinski definition) is 6. The van der Waals surface area contributed by atoms with Gasteiger partial charge in [0.15, 0.2) is 0 Å². The standard InChI is InChI=1S/C31H33NO6/c1-6-36-24-14-12-23(13-15-24)32-28(21-9-8-10-25(18-21)38-19(3)4)27(30(34)31(32)35)29(33)22-11-16-26(37-7-2)20(5)17-22/h8-19,28,33H,6-7H2,1-5H3/b29-27+. The van der Waals surface area contributed by atoms with Gasteiger partial charge in [0.2, 0.25) is 0 Å². The van der Waals surface area contributed by atoms with E-state index in [1.807, 2.05) is 52.8 Å². The van der Waals surface area contributed by atoms with Crippen LogP contribution in [0.25, 0.3) is 5.76 Å². The summed E-state index contributed by atoms with van der Waals surface area (Å²) >= 11 is 0. The first-order valence-electron chi connectivity index (χ1n) is 12.8. The summed E-state index contributed by atoms with van der Waals surface area (Å²) in [6.45, 7) is 10.5. The van der Waals surface area contributed by atoms with Crippen LogP contribution in [0.4, 0.5) is 5.69 Å². The number of Topliss-reactive ketones (excluding diaryl/α,β-unsaturated/α-hetero) is 1. The van der Waals surface area contributed by atoms with E-state index in [2.05, 4.69) is 0 Å². The average molecular weight is 516 g/mol. The fourth-order valence-electron chi connectivity index (χ4n) is 4.58. The second-order valence-electron chi connectivity index (χ2n) is 9.25. The van der Waals surface area contributed by atoms with Crippen LogP contribution < -0.4 is 19.1 Å². The fourth-order valence-corrected chi connectivity index (χ4v) is 4.58. The first-order chi connectivity index (χ1) is 18.2. The minimum atomic E-state index is -0.865. The van der Waals surface area contributed by atoms with Crippen LogP contribution in [0.5, 0.6) is 17.2 Å². The molecule has 1 unspecified atom stereocenters. The van der Waals surface area contributed by atoms with Crippen molar-refractivity contribution in [3.05, 3.63) is 89.0 Å². The normalized spacial score (nSPS) is 16.7. The van der Waals surface area contributed by atoms with Crippen molar-refractivity contribution in [2.24, 2.45) is 0 Å². The van der Waals surface area contributed by atoms with Crippen LogP contribution in [-0.2, 0) is 9.59 Å². The van der Waals surface area contributed by atoms with Crippen LogP contribution >= 0.6 is 0 Å². The number of carbonyl (C=O) groups is 2. The lowest BCUT2D eigenvalue weighted by Gasteiger charge is -2.26. The highest BCUT2D eigenvalue weighted by molar-refractivity contribution is 6.51. The first-order valence-corrected chi connectivity index (χ1v) is 12.8. The number of amides is 1. The molecule has 0 spiro atoms. The number of anilines is 1. The Morgan fingerprint density at radius 3 is 2.26 bits per heavy atom. The van der Waals surface area contributed by atoms with Gasteiger partial charge in [0.25, 0.3) is 11.7 Å². The van der Waals surface area contributed by atoms with E-state index in [4.69, 9.17) is 14.2 Å². The summed E-state index contributed by atoms with van der Waals surface area (Å²) in [5.74, 6) is 0.215. The third-order valence-electron chi connectivity index (χ3n) is 6.16. The topological polar surface area (TPSA) is 85.3 Å². The van der Waals surface area contributed by atoms with E-state index < -0.39 is 17.7 Å². The van der Waals surface area contributed by atoms with Gasteiger partial charge in [0.05, 0.1) is 30.9 Å². The predicted octanol–water partition coefficient (Wildman–Crippen LogP) is 6.21. The van der Waals surface area contributed by atoms with Gasteiger partial charge < -0.3 is 19.3 Å². The highest BCUT2D eigenvalue weighted by atomic mass is 16.5. The molecule has 1 N–H and O–H groups in total. The fraction of sp³-hybridized carbons (Fsp3) is 0.290. The Morgan fingerprint density at radius 1 is 0.921 bits per heavy atom. The number of ether oxygens (including phenoxy) is 3. The predicted molar refractivity (Wildman–Crippen MR) is 147 cm³/mol. The third kappa shape index (κ3) is 5.37. The molecule has 0 saturated carbocycles. The summed E-state index contributed by atoms with van der Waals surface area (Å²) in [6, 6.07) is 18.6. The van der Waals surface area contributed by atoms with E-state index in [1.165, 1.54) is 4.90 Å². The van der Waals surface area contributed by atoms with Crippen LogP contribution in [0.1, 0.15) is 50.4 Å². The molecule has 3 aromatic carbocycles. The Labute approximate surface area is 223 Å². The smallest absolute Gasteiger partial charge is 0.300 e. The molecule has 3 aromatic rings. The monoisotopic (exact) mass is 515 g/mol. The minimum absolute atomic E-state index is 0.00846. The van der Waals surface area contributed by atoms with Crippen molar-refractivity contribution in [2.75, 3.05) is 18.1 Å². The highest BCUT2D eigenvalue weighted by Gasteiger charge is 2.47. The SMILES string of the molecule is CCOc1ccc(N2C(=O)C(=O)/C(=C(/O)c3ccc(OCC)c(C)c3)C2c2cccc(OC(C)C)c2)cc1. The van der Waals surface area contributed by atoms with E-state index in [0.717, 1.165) is 5.56 Å². The van der Waals surface area contributed by atoms with E-state index in [1.54, 1.807) is 48.5 Å². The molecule has 1 fully saturated rings. The Bertz CT molecular complexity index is 1360. The minimum Gasteiger partial charge on any atom is -0.507 e. The van der Waals surface area contributed by atoms with Crippen LogP contribution in [0.15, 0.2) is 72.3 Å². The van der Waals surface area contributed by atoms with E-state index >= 15 is 0 Å². The van der Waals surface area contributed by atoms with E-state index in [0.29, 0.717) is 47.3 Å². The zero-order valence-corrected chi connectivity index (χ0v) is 22.4. The van der Waals surface area contributed by atoms with Gasteiger partial charge in [0, 0.05) is 11.3 Å². The van der Waals surface area contributed by atoms with Crippen LogP contribution in [0.2, 0.25) is 0 Å². The molecular weight excluding hydrogens is 482 g/mol. The lowest BCUT2D eigenvalue weighted by molar-refractivity contribution is -0.132. The highest BCUT2D eigenvalue weighted by Crippen LogP contribution is 2.43. The second-order valence-corrected chi connectivity index (χ2v) is 9.25. The van der Waals surface area contributed by atoms with Gasteiger partial charge in [0.1, 0.15) is 23.0 Å². The number of aryl methyl sites for hydroxylation is 1. The molecule has 0 radical (unpaired) electrons. The number of benzene rings is 3. The Balaban J connectivity index is 1.88. The number of aliphatic hydroxyl groups is 1. The Kier molecular flexibility index (Phi) is 8.05. The van der Waals surface area contributed by atoms with E-state index in [-0.39, 0.29) is 17.4 Å². The Hall–Kier alpha value is -4.26. The van der Waals surface area contributed by atoms with Gasteiger partial charge in [-0.1, -0.05) is 12.1 Å². The van der Waals surface area contributed by atoms with Crippen molar-refractivity contribution in [3.8, 4) is 17.2 Å². The number of nitrogens with zero attached hydrogens (tertiary/aromatic N) is 1. The molecule has 0 aliphatic carbocycles. The molecule has 1 aliphatic rings. The summed E-state index contributed by atoms with van der Waals surface area (Å²) in [5, 5.41) is 11.5. The molecule has 1 saturated heterocycles. The van der Waals surface area contributed by atoms with Crippen molar-refractivity contribution in [1.82, 2.24) is 0 Å². The zero-order valence-electron chi connectivity index (χ0n) is 22.4. The summed E-state index contributed by atoms with van der Waals surface area (Å²) in [5.41, 5.74) is 2.39. The van der Waals surface area contributed by atoms with Crippen molar-refractivity contribution >= 4 is 23.1 Å². The molecule has 1 amide bonds. The number of ketones is 1. The van der Waals surface area contributed by atoms with Gasteiger partial charge >= 0.3 is 0 Å². The van der Waals surface area contributed by atoms with Crippen LogP contribution in [-0.4, -0.2) is 36.1 Å². The number of rotatable bonds is 9. The second kappa shape index (κ2) is 11.4. The maximum atomic E-state index is 13.5. The lowest BCUT2D eigenvalue weighted by atomic mass is 9.94. The largest absolute Gasteiger partial charge is 0.507 e. The molecule has 0 aromatic heterocycles. The van der Waals surface area contributed by atoms with Crippen LogP contribution in [0.3, 0.4) is 0 Å². The van der Waals surface area contributed by atoms with Crippen molar-refractivity contribution in [3.63, 3.8) is 0 Å². The first kappa shape index (κ1) is 26.8. The number of carbonyl (C=O) groups excluding carboxylic acids is 2. The third-order valence-corrected chi connectivity index (χ3v) is 6.16. The molecule has 7 heteroatoms. The lowest BCUT2D eigenvalue weighted by Crippen LogP contribution is -2.29. The quantitative estimate of drug-likeness (QED) is 0.207. The van der Waals surface area contributed by atoms with Gasteiger partial charge in [-0.15, -0.1) is 0 Å². The summed E-state index contributed by atoms with van der Waals surface area (Å²) < 4.78 is 17.1. The molecule has 1 heterocycles. The molecule has 4 rings (SSSR count). The Morgan fingerprint density at radius 2 is 1.63 bits per heavy atom. The van der Waals surface area contributed by atoms with Crippen molar-refractivity contribution in [1.29, 1.82) is 0 Å². The number of aliphatic hydroxyl groups excluding tert-OH is 1. The van der Waals surface area contributed by atoms with Crippen LogP contribution in [0, 0.1) is 6.92 Å². The van der Waals surface area contributed by atoms with Gasteiger partial charge in [-0.05, 0) is 100 Å². The average Bonchev–Trinajstić information content (AvgIpc) is 3.15. The number of hydrogen-bond donors (Lipinski definition) is 1. The van der Waals surface area contributed by atoms with E-state index in [9.17, 15) is 14.7 Å². The van der Waals surface area contributed by atoms with Gasteiger partial charge in [-0.25, -0.2) is 0 Å².